The predicted octanol–water partition coefficient (Wildman–Crippen LogP) is -0.543. The minimum absolute atomic E-state index is 0.0421. The van der Waals surface area contributed by atoms with Gasteiger partial charge in [-0.1, -0.05) is 12.0 Å². The first-order chi connectivity index (χ1) is 13.6. The third kappa shape index (κ3) is 4.94. The molecule has 0 radical (unpaired) electrons. The second-order valence-corrected chi connectivity index (χ2v) is 6.06. The fourth-order valence-electron chi connectivity index (χ4n) is 2.82. The van der Waals surface area contributed by atoms with E-state index in [2.05, 4.69) is 12.5 Å². The lowest BCUT2D eigenvalue weighted by molar-refractivity contribution is -0.201. The molecule has 1 rings (SSSR count). The average molecular weight is 414 g/mol. The van der Waals surface area contributed by atoms with Gasteiger partial charge < -0.3 is 33.9 Å². The maximum atomic E-state index is 12.6. The van der Waals surface area contributed by atoms with Gasteiger partial charge in [0.05, 0.1) is 19.8 Å². The lowest BCUT2D eigenvalue weighted by Gasteiger charge is -2.33. The third-order valence-corrected chi connectivity index (χ3v) is 4.15. The van der Waals surface area contributed by atoms with Crippen LogP contribution in [0.1, 0.15) is 27.2 Å². The molecule has 0 saturated carbocycles. The van der Waals surface area contributed by atoms with E-state index in [1.807, 2.05) is 0 Å². The molecule has 1 aliphatic heterocycles. The molecule has 1 aliphatic rings. The van der Waals surface area contributed by atoms with Gasteiger partial charge in [-0.25, -0.2) is 9.59 Å². The summed E-state index contributed by atoms with van der Waals surface area (Å²) in [5.41, 5.74) is -4.33. The van der Waals surface area contributed by atoms with Gasteiger partial charge in [0, 0.05) is 13.3 Å². The van der Waals surface area contributed by atoms with E-state index in [9.17, 15) is 24.6 Å². The molecule has 1 heterocycles. The van der Waals surface area contributed by atoms with Crippen molar-refractivity contribution in [2.45, 2.75) is 56.9 Å². The van der Waals surface area contributed by atoms with Crippen LogP contribution in [0.2, 0.25) is 0 Å². The number of hydrogen-bond acceptors (Lipinski definition) is 10. The summed E-state index contributed by atoms with van der Waals surface area (Å²) < 4.78 is 25.7. The fraction of sp³-hybridized carbons (Fsp3) is 0.632. The summed E-state index contributed by atoms with van der Waals surface area (Å²) in [5.74, 6) is -0.806. The van der Waals surface area contributed by atoms with Gasteiger partial charge in [-0.2, -0.15) is 0 Å². The average Bonchev–Trinajstić information content (AvgIpc) is 2.89. The molecule has 0 spiro atoms. The van der Waals surface area contributed by atoms with Crippen LogP contribution in [0.25, 0.3) is 0 Å². The van der Waals surface area contributed by atoms with Crippen LogP contribution in [0.3, 0.4) is 0 Å². The van der Waals surface area contributed by atoms with Crippen LogP contribution < -0.4 is 0 Å². The Balaban J connectivity index is 3.26. The Morgan fingerprint density at radius 1 is 1.24 bits per heavy atom. The van der Waals surface area contributed by atoms with E-state index in [1.165, 1.54) is 6.08 Å². The van der Waals surface area contributed by atoms with Crippen LogP contribution in [-0.4, -0.2) is 77.6 Å². The van der Waals surface area contributed by atoms with E-state index in [0.717, 1.165) is 6.92 Å². The Bertz CT molecular complexity index is 648. The number of ether oxygens (including phenoxy) is 5. The van der Waals surface area contributed by atoms with Crippen LogP contribution in [0.4, 0.5) is 0 Å². The standard InChI is InChI=1S/C19H26O10/c1-6-10-19(16(23)25-8-3,17(24)26-9-4)27-11-13-18(7-2,29-12(5)20)14(21)15(22)28-13/h2,6,13-15,21-22H,1,8-11H2,3-5H3/t13-,14+,15?,18-/m1/s1. The highest BCUT2D eigenvalue weighted by Gasteiger charge is 2.60. The summed E-state index contributed by atoms with van der Waals surface area (Å²) in [6.45, 7) is 6.93. The molecule has 0 aliphatic carbocycles. The van der Waals surface area contributed by atoms with Gasteiger partial charge in [-0.3, -0.25) is 4.79 Å². The number of hydrogen-bond donors (Lipinski definition) is 2. The number of carbonyl (C=O) groups excluding carboxylic acids is 3. The van der Waals surface area contributed by atoms with Gasteiger partial charge >= 0.3 is 17.9 Å². The minimum atomic E-state index is -2.23. The Morgan fingerprint density at radius 2 is 1.79 bits per heavy atom. The first-order valence-electron chi connectivity index (χ1n) is 8.93. The third-order valence-electron chi connectivity index (χ3n) is 4.15. The van der Waals surface area contributed by atoms with Crippen molar-refractivity contribution in [2.75, 3.05) is 19.8 Å². The Kier molecular flexibility index (Phi) is 8.79. The van der Waals surface area contributed by atoms with E-state index >= 15 is 0 Å². The summed E-state index contributed by atoms with van der Waals surface area (Å²) in [6, 6.07) is 0. The van der Waals surface area contributed by atoms with E-state index in [-0.39, 0.29) is 19.6 Å². The molecule has 10 heteroatoms. The van der Waals surface area contributed by atoms with Gasteiger partial charge in [0.15, 0.2) is 12.4 Å². The summed E-state index contributed by atoms with van der Waals surface area (Å²) in [6.07, 6.45) is 1.40. The van der Waals surface area contributed by atoms with E-state index < -0.39 is 54.2 Å². The Morgan fingerprint density at radius 3 is 2.21 bits per heavy atom. The molecular weight excluding hydrogens is 388 g/mol. The van der Waals surface area contributed by atoms with Crippen molar-refractivity contribution >= 4 is 17.9 Å². The molecule has 10 nitrogen and oxygen atoms in total. The van der Waals surface area contributed by atoms with Crippen molar-refractivity contribution in [1.29, 1.82) is 0 Å². The molecule has 0 aromatic carbocycles. The highest BCUT2D eigenvalue weighted by molar-refractivity contribution is 6.04. The second kappa shape index (κ2) is 10.4. The van der Waals surface area contributed by atoms with Gasteiger partial charge in [0.1, 0.15) is 6.10 Å². The summed E-state index contributed by atoms with van der Waals surface area (Å²) in [5, 5.41) is 20.1. The number of aliphatic hydroxyl groups excluding tert-OH is 2. The Hall–Kier alpha value is -2.45. The monoisotopic (exact) mass is 414 g/mol. The van der Waals surface area contributed by atoms with Crippen molar-refractivity contribution in [1.82, 2.24) is 0 Å². The summed E-state index contributed by atoms with van der Waals surface area (Å²) in [7, 11) is 0. The van der Waals surface area contributed by atoms with Gasteiger partial charge in [0.25, 0.3) is 5.60 Å². The van der Waals surface area contributed by atoms with Crippen LogP contribution in [0.5, 0.6) is 0 Å². The first kappa shape index (κ1) is 24.6. The maximum absolute atomic E-state index is 12.6. The predicted molar refractivity (Wildman–Crippen MR) is 97.0 cm³/mol. The number of carbonyl (C=O) groups is 3. The van der Waals surface area contributed by atoms with Crippen molar-refractivity contribution < 1.29 is 48.3 Å². The number of terminal acetylenes is 1. The largest absolute Gasteiger partial charge is 0.463 e. The zero-order valence-electron chi connectivity index (χ0n) is 16.6. The first-order valence-corrected chi connectivity index (χ1v) is 8.93. The summed E-state index contributed by atoms with van der Waals surface area (Å²) >= 11 is 0. The van der Waals surface area contributed by atoms with Crippen molar-refractivity contribution in [3.8, 4) is 12.3 Å². The number of rotatable bonds is 10. The van der Waals surface area contributed by atoms with Gasteiger partial charge in [-0.15, -0.1) is 13.0 Å². The van der Waals surface area contributed by atoms with Crippen LogP contribution in [0.15, 0.2) is 12.7 Å². The number of esters is 3. The normalized spacial score (nSPS) is 26.3. The zero-order valence-corrected chi connectivity index (χ0v) is 16.6. The van der Waals surface area contributed by atoms with Gasteiger partial charge in [-0.05, 0) is 13.8 Å². The topological polar surface area (TPSA) is 138 Å². The lowest BCUT2D eigenvalue weighted by atomic mass is 9.92. The highest BCUT2D eigenvalue weighted by atomic mass is 16.7. The molecule has 1 saturated heterocycles. The van der Waals surface area contributed by atoms with E-state index in [0.29, 0.717) is 0 Å². The molecule has 0 aromatic heterocycles. The molecule has 29 heavy (non-hydrogen) atoms. The smallest absolute Gasteiger partial charge is 0.350 e. The maximum Gasteiger partial charge on any atom is 0.350 e. The zero-order chi connectivity index (χ0) is 22.2. The van der Waals surface area contributed by atoms with Gasteiger partial charge in [0.2, 0.25) is 5.60 Å². The quantitative estimate of drug-likeness (QED) is 0.158. The minimum Gasteiger partial charge on any atom is -0.463 e. The van der Waals surface area contributed by atoms with Crippen LogP contribution in [0, 0.1) is 12.3 Å². The molecule has 2 N–H and O–H groups in total. The molecule has 1 fully saturated rings. The van der Waals surface area contributed by atoms with Crippen molar-refractivity contribution in [2.24, 2.45) is 0 Å². The molecule has 1 unspecified atom stereocenters. The second-order valence-electron chi connectivity index (χ2n) is 6.06. The summed E-state index contributed by atoms with van der Waals surface area (Å²) in [4.78, 5) is 36.6. The fourth-order valence-corrected chi connectivity index (χ4v) is 2.82. The van der Waals surface area contributed by atoms with Crippen LogP contribution >= 0.6 is 0 Å². The van der Waals surface area contributed by atoms with Crippen molar-refractivity contribution in [3.63, 3.8) is 0 Å². The molecule has 4 atom stereocenters. The molecular formula is C19H26O10. The number of aliphatic hydroxyl groups is 2. The molecule has 0 amide bonds. The van der Waals surface area contributed by atoms with Crippen molar-refractivity contribution in [3.05, 3.63) is 12.7 Å². The lowest BCUT2D eigenvalue weighted by Crippen LogP contribution is -2.56. The molecule has 0 bridgehead atoms. The Labute approximate surface area is 168 Å². The van der Waals surface area contributed by atoms with Crippen LogP contribution in [-0.2, 0) is 38.1 Å². The van der Waals surface area contributed by atoms with E-state index in [1.54, 1.807) is 13.8 Å². The highest BCUT2D eigenvalue weighted by Crippen LogP contribution is 2.35. The molecule has 0 aromatic rings. The van der Waals surface area contributed by atoms with E-state index in [4.69, 9.17) is 30.1 Å². The molecule has 162 valence electrons. The SMILES string of the molecule is C#C[C@@]1(OC(C)=O)[C@@H](COC(CC=C)(C(=O)OCC)C(=O)OCC)OC(O)[C@@H]1O.